The molecule has 1 amide bonds. The normalized spacial score (nSPS) is 10.3. The SMILES string of the molecule is O=CN/C=C/c1c(F)cccc1F. The van der Waals surface area contributed by atoms with Crippen molar-refractivity contribution in [3.05, 3.63) is 41.6 Å². The van der Waals surface area contributed by atoms with E-state index in [0.29, 0.717) is 6.41 Å². The van der Waals surface area contributed by atoms with Crippen LogP contribution in [0.5, 0.6) is 0 Å². The lowest BCUT2D eigenvalue weighted by atomic mass is 10.2. The van der Waals surface area contributed by atoms with E-state index in [2.05, 4.69) is 5.32 Å². The fraction of sp³-hybridized carbons (Fsp3) is 0. The smallest absolute Gasteiger partial charge is 0.211 e. The summed E-state index contributed by atoms with van der Waals surface area (Å²) in [6.07, 6.45) is 2.73. The molecule has 13 heavy (non-hydrogen) atoms. The Morgan fingerprint density at radius 2 is 1.85 bits per heavy atom. The molecule has 0 atom stereocenters. The van der Waals surface area contributed by atoms with Crippen molar-refractivity contribution in [1.82, 2.24) is 5.32 Å². The van der Waals surface area contributed by atoms with E-state index in [1.54, 1.807) is 0 Å². The van der Waals surface area contributed by atoms with Gasteiger partial charge >= 0.3 is 0 Å². The third-order valence-corrected chi connectivity index (χ3v) is 1.41. The summed E-state index contributed by atoms with van der Waals surface area (Å²) in [5.74, 6) is -1.33. The highest BCUT2D eigenvalue weighted by atomic mass is 19.1. The number of amides is 1. The number of carbonyl (C=O) groups excluding carboxylic acids is 1. The maximum absolute atomic E-state index is 12.9. The third-order valence-electron chi connectivity index (χ3n) is 1.41. The van der Waals surface area contributed by atoms with Gasteiger partial charge in [-0.1, -0.05) is 6.07 Å². The number of halogens is 2. The van der Waals surface area contributed by atoms with E-state index in [1.807, 2.05) is 0 Å². The maximum Gasteiger partial charge on any atom is 0.211 e. The summed E-state index contributed by atoms with van der Waals surface area (Å²) in [5, 5.41) is 2.16. The fourth-order valence-corrected chi connectivity index (χ4v) is 0.841. The summed E-state index contributed by atoms with van der Waals surface area (Å²) in [6.45, 7) is 0. The van der Waals surface area contributed by atoms with Crippen molar-refractivity contribution in [3.8, 4) is 0 Å². The van der Waals surface area contributed by atoms with Gasteiger partial charge in [0.1, 0.15) is 11.6 Å². The molecule has 68 valence electrons. The first-order valence-corrected chi connectivity index (χ1v) is 3.56. The Morgan fingerprint density at radius 3 is 2.38 bits per heavy atom. The van der Waals surface area contributed by atoms with Crippen LogP contribution in [0.3, 0.4) is 0 Å². The highest BCUT2D eigenvalue weighted by molar-refractivity contribution is 5.55. The van der Waals surface area contributed by atoms with E-state index in [9.17, 15) is 13.6 Å². The lowest BCUT2D eigenvalue weighted by molar-refractivity contribution is -0.108. The van der Waals surface area contributed by atoms with Crippen LogP contribution in [0.2, 0.25) is 0 Å². The van der Waals surface area contributed by atoms with Crippen LogP contribution < -0.4 is 5.32 Å². The Labute approximate surface area is 73.9 Å². The molecule has 0 aliphatic rings. The van der Waals surface area contributed by atoms with Crippen LogP contribution >= 0.6 is 0 Å². The number of hydrogen-bond donors (Lipinski definition) is 1. The van der Waals surface area contributed by atoms with Crippen LogP contribution in [-0.4, -0.2) is 6.41 Å². The van der Waals surface area contributed by atoms with Gasteiger partial charge in [-0.05, 0) is 18.2 Å². The van der Waals surface area contributed by atoms with Gasteiger partial charge in [-0.15, -0.1) is 0 Å². The van der Waals surface area contributed by atoms with E-state index in [0.717, 1.165) is 24.4 Å². The molecular weight excluding hydrogens is 176 g/mol. The number of carbonyl (C=O) groups is 1. The second kappa shape index (κ2) is 4.35. The predicted octanol–water partition coefficient (Wildman–Crippen LogP) is 1.68. The first kappa shape index (κ1) is 9.38. The largest absolute Gasteiger partial charge is 0.335 e. The second-order valence-corrected chi connectivity index (χ2v) is 2.25. The molecule has 0 saturated heterocycles. The average Bonchev–Trinajstić information content (AvgIpc) is 2.10. The topological polar surface area (TPSA) is 29.1 Å². The standard InChI is InChI=1S/C9H7F2NO/c10-8-2-1-3-9(11)7(8)4-5-12-6-13/h1-6H,(H,12,13)/b5-4+. The zero-order chi connectivity index (χ0) is 9.68. The molecule has 1 rings (SSSR count). The molecule has 0 bridgehead atoms. The van der Waals surface area contributed by atoms with E-state index in [-0.39, 0.29) is 5.56 Å². The van der Waals surface area contributed by atoms with Gasteiger partial charge in [0.25, 0.3) is 0 Å². The molecule has 0 fully saturated rings. The number of rotatable bonds is 3. The minimum Gasteiger partial charge on any atom is -0.335 e. The monoisotopic (exact) mass is 183 g/mol. The molecule has 0 aromatic heterocycles. The Morgan fingerprint density at radius 1 is 1.23 bits per heavy atom. The molecule has 0 aliphatic carbocycles. The second-order valence-electron chi connectivity index (χ2n) is 2.25. The lowest BCUT2D eigenvalue weighted by Crippen LogP contribution is -1.99. The highest BCUT2D eigenvalue weighted by Gasteiger charge is 2.03. The Bertz CT molecular complexity index is 316. The Balaban J connectivity index is 2.92. The van der Waals surface area contributed by atoms with E-state index >= 15 is 0 Å². The van der Waals surface area contributed by atoms with Crippen LogP contribution in [0.25, 0.3) is 6.08 Å². The summed E-state index contributed by atoms with van der Waals surface area (Å²) in [7, 11) is 0. The molecule has 0 spiro atoms. The molecule has 1 aromatic rings. The van der Waals surface area contributed by atoms with Crippen LogP contribution in [0.1, 0.15) is 5.56 Å². The summed E-state index contributed by atoms with van der Waals surface area (Å²) in [4.78, 5) is 9.82. The van der Waals surface area contributed by atoms with Gasteiger partial charge in [-0.2, -0.15) is 0 Å². The molecule has 0 saturated carbocycles. The number of hydrogen-bond acceptors (Lipinski definition) is 1. The summed E-state index contributed by atoms with van der Waals surface area (Å²) in [5.41, 5.74) is -0.170. The van der Waals surface area contributed by atoms with Gasteiger partial charge < -0.3 is 5.32 Å². The van der Waals surface area contributed by atoms with Crippen LogP contribution in [-0.2, 0) is 4.79 Å². The van der Waals surface area contributed by atoms with Crippen LogP contribution in [0, 0.1) is 11.6 Å². The minimum atomic E-state index is -0.663. The van der Waals surface area contributed by atoms with Crippen molar-refractivity contribution in [1.29, 1.82) is 0 Å². The van der Waals surface area contributed by atoms with Gasteiger partial charge in [0.05, 0.1) is 0 Å². The highest BCUT2D eigenvalue weighted by Crippen LogP contribution is 2.12. The van der Waals surface area contributed by atoms with Crippen LogP contribution in [0.4, 0.5) is 8.78 Å². The zero-order valence-corrected chi connectivity index (χ0v) is 6.63. The summed E-state index contributed by atoms with van der Waals surface area (Å²) < 4.78 is 25.7. The summed E-state index contributed by atoms with van der Waals surface area (Å²) >= 11 is 0. The van der Waals surface area contributed by atoms with Crippen molar-refractivity contribution in [3.63, 3.8) is 0 Å². The molecule has 0 unspecified atom stereocenters. The lowest BCUT2D eigenvalue weighted by Gasteiger charge is -1.97. The van der Waals surface area contributed by atoms with Gasteiger partial charge in [-0.3, -0.25) is 4.79 Å². The fourth-order valence-electron chi connectivity index (χ4n) is 0.841. The predicted molar refractivity (Wildman–Crippen MR) is 44.6 cm³/mol. The van der Waals surface area contributed by atoms with Crippen molar-refractivity contribution in [2.45, 2.75) is 0 Å². The number of benzene rings is 1. The molecule has 0 radical (unpaired) electrons. The first-order chi connectivity index (χ1) is 6.25. The minimum absolute atomic E-state index is 0.170. The number of nitrogens with one attached hydrogen (secondary N) is 1. The Kier molecular flexibility index (Phi) is 3.14. The zero-order valence-electron chi connectivity index (χ0n) is 6.63. The van der Waals surface area contributed by atoms with Gasteiger partial charge in [0.2, 0.25) is 6.41 Å². The van der Waals surface area contributed by atoms with Crippen LogP contribution in [0.15, 0.2) is 24.4 Å². The molecule has 2 nitrogen and oxygen atoms in total. The van der Waals surface area contributed by atoms with Crippen molar-refractivity contribution >= 4 is 12.5 Å². The van der Waals surface area contributed by atoms with Crippen molar-refractivity contribution < 1.29 is 13.6 Å². The molecule has 4 heteroatoms. The van der Waals surface area contributed by atoms with Crippen molar-refractivity contribution in [2.75, 3.05) is 0 Å². The average molecular weight is 183 g/mol. The first-order valence-electron chi connectivity index (χ1n) is 3.56. The van der Waals surface area contributed by atoms with Gasteiger partial charge in [0.15, 0.2) is 0 Å². The molecule has 0 heterocycles. The van der Waals surface area contributed by atoms with Gasteiger partial charge in [0, 0.05) is 11.8 Å². The van der Waals surface area contributed by atoms with E-state index < -0.39 is 11.6 Å². The Hall–Kier alpha value is -1.71. The molecule has 0 aliphatic heterocycles. The molecular formula is C9H7F2NO. The van der Waals surface area contributed by atoms with E-state index in [1.165, 1.54) is 6.07 Å². The van der Waals surface area contributed by atoms with E-state index in [4.69, 9.17) is 0 Å². The quantitative estimate of drug-likeness (QED) is 0.709. The molecule has 1 aromatic carbocycles. The van der Waals surface area contributed by atoms with Gasteiger partial charge in [-0.25, -0.2) is 8.78 Å². The molecule has 1 N–H and O–H groups in total. The maximum atomic E-state index is 12.9. The van der Waals surface area contributed by atoms with Crippen molar-refractivity contribution in [2.24, 2.45) is 0 Å². The summed E-state index contributed by atoms with van der Waals surface area (Å²) in [6, 6.07) is 3.56. The third kappa shape index (κ3) is 2.37.